The summed E-state index contributed by atoms with van der Waals surface area (Å²) in [5.41, 5.74) is 5.86. The van der Waals surface area contributed by atoms with Gasteiger partial charge in [0.05, 0.1) is 13.2 Å². The van der Waals surface area contributed by atoms with Gasteiger partial charge in [-0.15, -0.1) is 0 Å². The minimum Gasteiger partial charge on any atom is -0.487 e. The number of benzene rings is 1. The summed E-state index contributed by atoms with van der Waals surface area (Å²) in [5, 5.41) is 0. The van der Waals surface area contributed by atoms with Gasteiger partial charge in [-0.05, 0) is 12.1 Å². The Balaban J connectivity index is 1.85. The highest BCUT2D eigenvalue weighted by Gasteiger charge is 2.41. The van der Waals surface area contributed by atoms with Gasteiger partial charge in [-0.1, -0.05) is 6.07 Å². The third-order valence-corrected chi connectivity index (χ3v) is 2.97. The van der Waals surface area contributed by atoms with Crippen molar-refractivity contribution in [3.05, 3.63) is 30.1 Å². The molecule has 0 radical (unpaired) electrons. The first kappa shape index (κ1) is 13.3. The molecule has 5 heteroatoms. The number of halogens is 1. The van der Waals surface area contributed by atoms with Gasteiger partial charge in [-0.2, -0.15) is 0 Å². The second kappa shape index (κ2) is 6.13. The molecule has 1 aromatic carbocycles. The Morgan fingerprint density at radius 1 is 1.39 bits per heavy atom. The maximum Gasteiger partial charge on any atom is 0.128 e. The minimum atomic E-state index is -0.312. The Hall–Kier alpha value is -1.17. The Morgan fingerprint density at radius 3 is 2.89 bits per heavy atom. The fourth-order valence-corrected chi connectivity index (χ4v) is 1.95. The van der Waals surface area contributed by atoms with Gasteiger partial charge >= 0.3 is 0 Å². The highest BCUT2D eigenvalue weighted by atomic mass is 19.1. The monoisotopic (exact) mass is 255 g/mol. The number of nitrogens with two attached hydrogens (primary N) is 1. The van der Waals surface area contributed by atoms with E-state index in [0.717, 1.165) is 0 Å². The molecule has 3 atom stereocenters. The summed E-state index contributed by atoms with van der Waals surface area (Å²) in [5.74, 6) is 0.195. The highest BCUT2D eigenvalue weighted by molar-refractivity contribution is 5.23. The van der Waals surface area contributed by atoms with E-state index < -0.39 is 0 Å². The number of hydrogen-bond donors (Lipinski definition) is 1. The Morgan fingerprint density at radius 2 is 2.22 bits per heavy atom. The smallest absolute Gasteiger partial charge is 0.128 e. The molecule has 3 unspecified atom stereocenters. The predicted molar refractivity (Wildman–Crippen MR) is 65.0 cm³/mol. The number of ether oxygens (including phenoxy) is 3. The molecular weight excluding hydrogens is 237 g/mol. The molecule has 1 aromatic rings. The quantitative estimate of drug-likeness (QED) is 0.779. The van der Waals surface area contributed by atoms with Crippen LogP contribution in [0.4, 0.5) is 4.39 Å². The van der Waals surface area contributed by atoms with Crippen LogP contribution < -0.4 is 10.5 Å². The molecule has 1 saturated carbocycles. The van der Waals surface area contributed by atoms with Crippen molar-refractivity contribution in [1.82, 2.24) is 0 Å². The average Bonchev–Trinajstić information content (AvgIpc) is 2.34. The fourth-order valence-electron chi connectivity index (χ4n) is 1.95. The summed E-state index contributed by atoms with van der Waals surface area (Å²) >= 11 is 0. The van der Waals surface area contributed by atoms with Crippen molar-refractivity contribution in [2.24, 2.45) is 5.73 Å². The van der Waals surface area contributed by atoms with E-state index in [4.69, 9.17) is 19.9 Å². The second-order valence-electron chi connectivity index (χ2n) is 4.34. The molecule has 4 nitrogen and oxygen atoms in total. The number of methoxy groups -OCH3 is 1. The van der Waals surface area contributed by atoms with Gasteiger partial charge in [0.1, 0.15) is 23.8 Å². The van der Waals surface area contributed by atoms with Crippen LogP contribution in [0.3, 0.4) is 0 Å². The van der Waals surface area contributed by atoms with Crippen LogP contribution in [-0.4, -0.2) is 38.6 Å². The maximum absolute atomic E-state index is 13.0. The first-order valence-corrected chi connectivity index (χ1v) is 5.99. The zero-order chi connectivity index (χ0) is 13.0. The second-order valence-corrected chi connectivity index (χ2v) is 4.34. The SMILES string of the molecule is COCCOC1C(N)CC1Oc1cccc(F)c1. The number of rotatable bonds is 6. The van der Waals surface area contributed by atoms with E-state index >= 15 is 0 Å². The topological polar surface area (TPSA) is 53.7 Å². The normalized spacial score (nSPS) is 26.7. The van der Waals surface area contributed by atoms with Gasteiger partial charge in [-0.3, -0.25) is 0 Å². The van der Waals surface area contributed by atoms with E-state index in [2.05, 4.69) is 0 Å². The molecule has 18 heavy (non-hydrogen) atoms. The van der Waals surface area contributed by atoms with Crippen LogP contribution in [-0.2, 0) is 9.47 Å². The summed E-state index contributed by atoms with van der Waals surface area (Å²) in [4.78, 5) is 0. The van der Waals surface area contributed by atoms with E-state index in [0.29, 0.717) is 25.4 Å². The van der Waals surface area contributed by atoms with Crippen LogP contribution in [0.5, 0.6) is 5.75 Å². The molecule has 0 amide bonds. The lowest BCUT2D eigenvalue weighted by atomic mass is 9.86. The standard InChI is InChI=1S/C13H18FNO3/c1-16-5-6-17-13-11(15)8-12(13)18-10-4-2-3-9(14)7-10/h2-4,7,11-13H,5-6,8,15H2,1H3. The van der Waals surface area contributed by atoms with Crippen molar-refractivity contribution in [1.29, 1.82) is 0 Å². The van der Waals surface area contributed by atoms with Gasteiger partial charge in [0.25, 0.3) is 0 Å². The molecule has 0 heterocycles. The molecule has 0 spiro atoms. The first-order valence-electron chi connectivity index (χ1n) is 5.99. The molecule has 0 aromatic heterocycles. The summed E-state index contributed by atoms with van der Waals surface area (Å²) < 4.78 is 29.2. The van der Waals surface area contributed by atoms with Gasteiger partial charge in [-0.25, -0.2) is 4.39 Å². The van der Waals surface area contributed by atoms with Crippen molar-refractivity contribution < 1.29 is 18.6 Å². The largest absolute Gasteiger partial charge is 0.487 e. The van der Waals surface area contributed by atoms with E-state index in [1.165, 1.54) is 12.1 Å². The van der Waals surface area contributed by atoms with Crippen LogP contribution in [0.25, 0.3) is 0 Å². The van der Waals surface area contributed by atoms with Crippen molar-refractivity contribution in [3.63, 3.8) is 0 Å². The molecule has 0 aliphatic heterocycles. The fraction of sp³-hybridized carbons (Fsp3) is 0.538. The van der Waals surface area contributed by atoms with E-state index in [1.54, 1.807) is 19.2 Å². The highest BCUT2D eigenvalue weighted by Crippen LogP contribution is 2.28. The molecule has 2 N–H and O–H groups in total. The molecule has 0 saturated heterocycles. The lowest BCUT2D eigenvalue weighted by molar-refractivity contribution is -0.107. The van der Waals surface area contributed by atoms with Crippen LogP contribution in [0.15, 0.2) is 24.3 Å². The van der Waals surface area contributed by atoms with Crippen molar-refractivity contribution in [3.8, 4) is 5.75 Å². The predicted octanol–water partition coefficient (Wildman–Crippen LogP) is 1.34. The zero-order valence-electron chi connectivity index (χ0n) is 10.3. The zero-order valence-corrected chi connectivity index (χ0v) is 10.3. The van der Waals surface area contributed by atoms with Crippen LogP contribution in [0.1, 0.15) is 6.42 Å². The van der Waals surface area contributed by atoms with Crippen LogP contribution >= 0.6 is 0 Å². The lowest BCUT2D eigenvalue weighted by Gasteiger charge is -2.41. The maximum atomic E-state index is 13.0. The minimum absolute atomic E-state index is 0.0274. The van der Waals surface area contributed by atoms with Crippen LogP contribution in [0, 0.1) is 5.82 Å². The average molecular weight is 255 g/mol. The van der Waals surface area contributed by atoms with Crippen molar-refractivity contribution >= 4 is 0 Å². The molecular formula is C13H18FNO3. The molecule has 1 aliphatic rings. The van der Waals surface area contributed by atoms with Crippen molar-refractivity contribution in [2.45, 2.75) is 24.7 Å². The van der Waals surface area contributed by atoms with Crippen molar-refractivity contribution in [2.75, 3.05) is 20.3 Å². The van der Waals surface area contributed by atoms with E-state index in [9.17, 15) is 4.39 Å². The molecule has 2 rings (SSSR count). The third-order valence-electron chi connectivity index (χ3n) is 2.97. The molecule has 0 bridgehead atoms. The van der Waals surface area contributed by atoms with Gasteiger partial charge in [0, 0.05) is 25.6 Å². The third kappa shape index (κ3) is 3.19. The van der Waals surface area contributed by atoms with Gasteiger partial charge < -0.3 is 19.9 Å². The molecule has 1 aliphatic carbocycles. The summed E-state index contributed by atoms with van der Waals surface area (Å²) in [6.07, 6.45) is 0.454. The molecule has 1 fully saturated rings. The number of hydrogen-bond acceptors (Lipinski definition) is 4. The molecule has 100 valence electrons. The summed E-state index contributed by atoms with van der Waals surface area (Å²) in [6.45, 7) is 1.01. The first-order chi connectivity index (χ1) is 8.70. The summed E-state index contributed by atoms with van der Waals surface area (Å²) in [7, 11) is 1.62. The Bertz CT molecular complexity index is 388. The van der Waals surface area contributed by atoms with E-state index in [1.807, 2.05) is 0 Å². The van der Waals surface area contributed by atoms with E-state index in [-0.39, 0.29) is 24.1 Å². The Labute approximate surface area is 106 Å². The van der Waals surface area contributed by atoms with Gasteiger partial charge in [0.2, 0.25) is 0 Å². The van der Waals surface area contributed by atoms with Crippen LogP contribution in [0.2, 0.25) is 0 Å². The lowest BCUT2D eigenvalue weighted by Crippen LogP contribution is -2.59. The summed E-state index contributed by atoms with van der Waals surface area (Å²) in [6, 6.07) is 6.05. The van der Waals surface area contributed by atoms with Gasteiger partial charge in [0.15, 0.2) is 0 Å². The Kier molecular flexibility index (Phi) is 4.52.